The lowest BCUT2D eigenvalue weighted by Gasteiger charge is -2.32. The molecule has 0 radical (unpaired) electrons. The molecule has 1 aromatic heterocycles. The van der Waals surface area contributed by atoms with Crippen LogP contribution < -0.4 is 0 Å². The number of pyridine rings is 1. The molecule has 0 saturated carbocycles. The van der Waals surface area contributed by atoms with E-state index >= 15 is 0 Å². The molecule has 0 saturated heterocycles. The molecule has 0 aliphatic heterocycles. The molecule has 0 aromatic carbocycles. The topological polar surface area (TPSA) is 33.2 Å². The van der Waals surface area contributed by atoms with Gasteiger partial charge < -0.3 is 4.90 Å². The van der Waals surface area contributed by atoms with Crippen molar-refractivity contribution in [3.05, 3.63) is 29.0 Å². The Morgan fingerprint density at radius 3 is 2.53 bits per heavy atom. The van der Waals surface area contributed by atoms with E-state index in [0.717, 1.165) is 0 Å². The van der Waals surface area contributed by atoms with Crippen molar-refractivity contribution in [2.45, 2.75) is 26.3 Å². The molecule has 0 fully saturated rings. The van der Waals surface area contributed by atoms with Gasteiger partial charge >= 0.3 is 0 Å². The van der Waals surface area contributed by atoms with Crippen LogP contribution in [0.3, 0.4) is 0 Å². The number of rotatable bonds is 1. The molecule has 0 bridgehead atoms. The SMILES string of the molecule is CN(C(=O)c1ccnc(Cl)c1)C(C)(C)C. The van der Waals surface area contributed by atoms with E-state index in [4.69, 9.17) is 11.6 Å². The molecule has 0 aliphatic carbocycles. The van der Waals surface area contributed by atoms with E-state index in [0.29, 0.717) is 10.7 Å². The Balaban J connectivity index is 2.95. The molecule has 1 aromatic rings. The maximum atomic E-state index is 12.0. The molecule has 0 N–H and O–H groups in total. The number of nitrogens with zero attached hydrogens (tertiary/aromatic N) is 2. The van der Waals surface area contributed by atoms with Crippen LogP contribution in [0.5, 0.6) is 0 Å². The number of hydrogen-bond donors (Lipinski definition) is 0. The monoisotopic (exact) mass is 226 g/mol. The highest BCUT2D eigenvalue weighted by molar-refractivity contribution is 6.29. The van der Waals surface area contributed by atoms with Gasteiger partial charge in [0.1, 0.15) is 5.15 Å². The fourth-order valence-corrected chi connectivity index (χ4v) is 1.21. The van der Waals surface area contributed by atoms with Gasteiger partial charge in [0.05, 0.1) is 0 Å². The van der Waals surface area contributed by atoms with Gasteiger partial charge in [-0.25, -0.2) is 4.98 Å². The largest absolute Gasteiger partial charge is 0.337 e. The molecule has 1 amide bonds. The van der Waals surface area contributed by atoms with Gasteiger partial charge in [-0.2, -0.15) is 0 Å². The molecule has 0 spiro atoms. The number of amides is 1. The van der Waals surface area contributed by atoms with Crippen molar-refractivity contribution >= 4 is 17.5 Å². The van der Waals surface area contributed by atoms with Crippen LogP contribution in [0.25, 0.3) is 0 Å². The Morgan fingerprint density at radius 1 is 1.47 bits per heavy atom. The van der Waals surface area contributed by atoms with Gasteiger partial charge in [-0.1, -0.05) is 11.6 Å². The van der Waals surface area contributed by atoms with Crippen molar-refractivity contribution in [3.63, 3.8) is 0 Å². The smallest absolute Gasteiger partial charge is 0.254 e. The summed E-state index contributed by atoms with van der Waals surface area (Å²) in [6, 6.07) is 3.24. The quantitative estimate of drug-likeness (QED) is 0.690. The molecule has 15 heavy (non-hydrogen) atoms. The second kappa shape index (κ2) is 4.19. The predicted molar refractivity (Wildman–Crippen MR) is 61.1 cm³/mol. The second-order valence-corrected chi connectivity index (χ2v) is 4.79. The van der Waals surface area contributed by atoms with E-state index in [1.54, 1.807) is 24.1 Å². The van der Waals surface area contributed by atoms with Crippen LogP contribution in [0.2, 0.25) is 5.15 Å². The number of carbonyl (C=O) groups excluding carboxylic acids is 1. The minimum absolute atomic E-state index is 0.0493. The fraction of sp³-hybridized carbons (Fsp3) is 0.455. The van der Waals surface area contributed by atoms with Crippen LogP contribution in [-0.2, 0) is 0 Å². The zero-order valence-electron chi connectivity index (χ0n) is 9.41. The third-order valence-corrected chi connectivity index (χ3v) is 2.49. The van der Waals surface area contributed by atoms with Crippen molar-refractivity contribution in [2.75, 3.05) is 7.05 Å². The highest BCUT2D eigenvalue weighted by Crippen LogP contribution is 2.16. The molecular weight excluding hydrogens is 212 g/mol. The zero-order chi connectivity index (χ0) is 11.6. The Kier molecular flexibility index (Phi) is 3.35. The van der Waals surface area contributed by atoms with Gasteiger partial charge in [-0.15, -0.1) is 0 Å². The minimum atomic E-state index is -0.202. The van der Waals surface area contributed by atoms with Gasteiger partial charge in [-0.05, 0) is 32.9 Å². The average molecular weight is 227 g/mol. The summed E-state index contributed by atoms with van der Waals surface area (Å²) in [5.74, 6) is -0.0493. The van der Waals surface area contributed by atoms with Gasteiger partial charge in [0.25, 0.3) is 5.91 Å². The van der Waals surface area contributed by atoms with Crippen LogP contribution in [0.1, 0.15) is 31.1 Å². The number of aromatic nitrogens is 1. The van der Waals surface area contributed by atoms with E-state index in [2.05, 4.69) is 4.98 Å². The first kappa shape index (κ1) is 12.0. The van der Waals surface area contributed by atoms with E-state index in [-0.39, 0.29) is 11.4 Å². The predicted octanol–water partition coefficient (Wildman–Crippen LogP) is 2.61. The second-order valence-electron chi connectivity index (χ2n) is 4.40. The molecule has 0 unspecified atom stereocenters. The van der Waals surface area contributed by atoms with Gasteiger partial charge in [-0.3, -0.25) is 4.79 Å². The lowest BCUT2D eigenvalue weighted by molar-refractivity contribution is 0.0655. The lowest BCUT2D eigenvalue weighted by atomic mass is 10.1. The van der Waals surface area contributed by atoms with Crippen molar-refractivity contribution in [1.82, 2.24) is 9.88 Å². The van der Waals surface area contributed by atoms with Crippen LogP contribution in [-0.4, -0.2) is 28.4 Å². The molecule has 0 aliphatic rings. The molecule has 82 valence electrons. The summed E-state index contributed by atoms with van der Waals surface area (Å²) in [5.41, 5.74) is 0.361. The van der Waals surface area contributed by atoms with Crippen molar-refractivity contribution in [3.8, 4) is 0 Å². The van der Waals surface area contributed by atoms with E-state index in [1.165, 1.54) is 6.20 Å². The third kappa shape index (κ3) is 2.93. The third-order valence-electron chi connectivity index (χ3n) is 2.28. The summed E-state index contributed by atoms with van der Waals surface area (Å²) in [4.78, 5) is 17.5. The van der Waals surface area contributed by atoms with Crippen LogP contribution in [0, 0.1) is 0 Å². The molecule has 4 heteroatoms. The van der Waals surface area contributed by atoms with E-state index < -0.39 is 0 Å². The summed E-state index contributed by atoms with van der Waals surface area (Å²) in [6.07, 6.45) is 1.53. The van der Waals surface area contributed by atoms with Crippen LogP contribution in [0.4, 0.5) is 0 Å². The average Bonchev–Trinajstić information content (AvgIpc) is 2.14. The van der Waals surface area contributed by atoms with Crippen LogP contribution >= 0.6 is 11.6 Å². The zero-order valence-corrected chi connectivity index (χ0v) is 10.2. The first-order valence-corrected chi connectivity index (χ1v) is 5.10. The normalized spacial score (nSPS) is 11.3. The maximum absolute atomic E-state index is 12.0. The minimum Gasteiger partial charge on any atom is -0.337 e. The Morgan fingerprint density at radius 2 is 2.07 bits per heavy atom. The first-order valence-electron chi connectivity index (χ1n) is 4.72. The molecule has 1 rings (SSSR count). The lowest BCUT2D eigenvalue weighted by Crippen LogP contribution is -2.42. The highest BCUT2D eigenvalue weighted by atomic mass is 35.5. The Labute approximate surface area is 95.1 Å². The van der Waals surface area contributed by atoms with Crippen molar-refractivity contribution in [2.24, 2.45) is 0 Å². The molecular formula is C11H15ClN2O. The molecule has 1 heterocycles. The van der Waals surface area contributed by atoms with Crippen molar-refractivity contribution in [1.29, 1.82) is 0 Å². The maximum Gasteiger partial charge on any atom is 0.254 e. The summed E-state index contributed by atoms with van der Waals surface area (Å²) in [6.45, 7) is 5.94. The van der Waals surface area contributed by atoms with Crippen LogP contribution in [0.15, 0.2) is 18.3 Å². The van der Waals surface area contributed by atoms with Crippen molar-refractivity contribution < 1.29 is 4.79 Å². The van der Waals surface area contributed by atoms with Gasteiger partial charge in [0.15, 0.2) is 0 Å². The summed E-state index contributed by atoms with van der Waals surface area (Å²) in [5, 5.41) is 0.336. The molecule has 0 atom stereocenters. The Bertz CT molecular complexity index is 371. The van der Waals surface area contributed by atoms with Gasteiger partial charge in [0, 0.05) is 24.3 Å². The highest BCUT2D eigenvalue weighted by Gasteiger charge is 2.23. The van der Waals surface area contributed by atoms with Gasteiger partial charge in [0.2, 0.25) is 0 Å². The standard InChI is InChI=1S/C11H15ClN2O/c1-11(2,3)14(4)10(15)8-5-6-13-9(12)7-8/h5-7H,1-4H3. The number of hydrogen-bond acceptors (Lipinski definition) is 2. The summed E-state index contributed by atoms with van der Waals surface area (Å²) >= 11 is 5.73. The van der Waals surface area contributed by atoms with E-state index in [9.17, 15) is 4.79 Å². The molecule has 3 nitrogen and oxygen atoms in total. The first-order chi connectivity index (χ1) is 6.82. The number of halogens is 1. The fourth-order valence-electron chi connectivity index (χ4n) is 1.03. The number of carbonyl (C=O) groups is 1. The summed E-state index contributed by atoms with van der Waals surface area (Å²) in [7, 11) is 1.77. The summed E-state index contributed by atoms with van der Waals surface area (Å²) < 4.78 is 0. The van der Waals surface area contributed by atoms with E-state index in [1.807, 2.05) is 20.8 Å². The Hall–Kier alpha value is -1.09.